The average Bonchev–Trinajstić information content (AvgIpc) is 1.97. The summed E-state index contributed by atoms with van der Waals surface area (Å²) in [6.45, 7) is 9.99. The second-order valence-electron chi connectivity index (χ2n) is 3.05. The molecule has 0 radical (unpaired) electrons. The molecule has 0 spiro atoms. The van der Waals surface area contributed by atoms with Crippen molar-refractivity contribution < 1.29 is 9.47 Å². The van der Waals surface area contributed by atoms with Crippen LogP contribution in [-0.2, 0) is 9.47 Å². The van der Waals surface area contributed by atoms with Crippen LogP contribution in [-0.4, -0.2) is 19.5 Å². The third-order valence-electron chi connectivity index (χ3n) is 1.23. The number of rotatable bonds is 0. The Kier molecular flexibility index (Phi) is 10.8. The Morgan fingerprint density at radius 3 is 1.67 bits per heavy atom. The Hall–Kier alpha value is -0.0800. The van der Waals surface area contributed by atoms with E-state index in [1.54, 1.807) is 0 Å². The van der Waals surface area contributed by atoms with Gasteiger partial charge in [-0.15, -0.1) is 0 Å². The molecule has 0 atom stereocenters. The summed E-state index contributed by atoms with van der Waals surface area (Å²) in [6, 6.07) is 0. The Bertz CT molecular complexity index is 65.9. The highest BCUT2D eigenvalue weighted by Gasteiger charge is 2.13. The first-order chi connectivity index (χ1) is 5.20. The minimum atomic E-state index is 0. The molecular formula is C10H24O2. The maximum Gasteiger partial charge on any atom is 0.154 e. The number of ether oxygens (including phenoxy) is 2. The van der Waals surface area contributed by atoms with Gasteiger partial charge in [-0.3, -0.25) is 0 Å². The van der Waals surface area contributed by atoms with E-state index in [1.165, 1.54) is 6.42 Å². The van der Waals surface area contributed by atoms with E-state index in [-0.39, 0.29) is 13.7 Å². The summed E-state index contributed by atoms with van der Waals surface area (Å²) < 4.78 is 10.3. The van der Waals surface area contributed by atoms with E-state index in [1.807, 2.05) is 6.92 Å². The van der Waals surface area contributed by atoms with Crippen molar-refractivity contribution in [3.8, 4) is 0 Å². The van der Waals surface area contributed by atoms with Crippen LogP contribution in [0.5, 0.6) is 0 Å². The van der Waals surface area contributed by atoms with E-state index in [9.17, 15) is 0 Å². The van der Waals surface area contributed by atoms with Crippen molar-refractivity contribution in [3.63, 3.8) is 0 Å². The molecule has 1 heterocycles. The van der Waals surface area contributed by atoms with Gasteiger partial charge in [-0.25, -0.2) is 0 Å². The molecule has 1 aliphatic heterocycles. The van der Waals surface area contributed by atoms with E-state index in [2.05, 4.69) is 20.8 Å². The van der Waals surface area contributed by atoms with Crippen molar-refractivity contribution in [3.05, 3.63) is 0 Å². The molecule has 0 saturated carbocycles. The molecule has 1 saturated heterocycles. The molecule has 0 aliphatic carbocycles. The largest absolute Gasteiger partial charge is 0.353 e. The zero-order valence-electron chi connectivity index (χ0n) is 8.09. The van der Waals surface area contributed by atoms with Crippen molar-refractivity contribution in [2.75, 3.05) is 13.2 Å². The molecule has 0 aromatic heterocycles. The van der Waals surface area contributed by atoms with E-state index in [0.717, 1.165) is 13.2 Å². The van der Waals surface area contributed by atoms with Crippen molar-refractivity contribution in [2.45, 2.75) is 47.8 Å². The maximum absolute atomic E-state index is 5.17. The van der Waals surface area contributed by atoms with Crippen LogP contribution >= 0.6 is 0 Å². The van der Waals surface area contributed by atoms with Gasteiger partial charge < -0.3 is 9.47 Å². The lowest BCUT2D eigenvalue weighted by atomic mass is 10.2. The molecule has 0 aromatic rings. The molecule has 2 heteroatoms. The molecule has 0 aromatic carbocycles. The van der Waals surface area contributed by atoms with Crippen LogP contribution < -0.4 is 0 Å². The maximum atomic E-state index is 5.17. The molecule has 2 nitrogen and oxygen atoms in total. The highest BCUT2D eigenvalue weighted by molar-refractivity contribution is 4.53. The SMILES string of the molecule is C.CC1COC(C)OC1.CCC. The standard InChI is InChI=1S/C6H12O2.C3H8.CH4/c1-5-3-7-6(2)8-4-5;1-3-2;/h5-6H,3-4H2,1-2H3;3H2,1-2H3;1H4. The summed E-state index contributed by atoms with van der Waals surface area (Å²) in [7, 11) is 0. The van der Waals surface area contributed by atoms with Crippen molar-refractivity contribution >= 4 is 0 Å². The van der Waals surface area contributed by atoms with Crippen LogP contribution in [0.15, 0.2) is 0 Å². The van der Waals surface area contributed by atoms with Crippen LogP contribution in [0.25, 0.3) is 0 Å². The topological polar surface area (TPSA) is 18.5 Å². The van der Waals surface area contributed by atoms with Gasteiger partial charge in [0.25, 0.3) is 0 Å². The monoisotopic (exact) mass is 176 g/mol. The Labute approximate surface area is 77.3 Å². The first-order valence-electron chi connectivity index (χ1n) is 4.43. The van der Waals surface area contributed by atoms with Gasteiger partial charge in [0.2, 0.25) is 0 Å². The molecule has 76 valence electrons. The molecule has 0 N–H and O–H groups in total. The molecule has 1 fully saturated rings. The lowest BCUT2D eigenvalue weighted by Crippen LogP contribution is -2.27. The minimum absolute atomic E-state index is 0. The Balaban J connectivity index is 0. The summed E-state index contributed by atoms with van der Waals surface area (Å²) in [5.41, 5.74) is 0. The summed E-state index contributed by atoms with van der Waals surface area (Å²) in [5, 5.41) is 0. The smallest absolute Gasteiger partial charge is 0.154 e. The van der Waals surface area contributed by atoms with Gasteiger partial charge in [0, 0.05) is 5.92 Å². The van der Waals surface area contributed by atoms with Gasteiger partial charge in [0.1, 0.15) is 0 Å². The third kappa shape index (κ3) is 8.02. The van der Waals surface area contributed by atoms with E-state index in [0.29, 0.717) is 5.92 Å². The zero-order valence-corrected chi connectivity index (χ0v) is 8.09. The third-order valence-corrected chi connectivity index (χ3v) is 1.23. The fraction of sp³-hybridized carbons (Fsp3) is 1.00. The van der Waals surface area contributed by atoms with E-state index < -0.39 is 0 Å². The quantitative estimate of drug-likeness (QED) is 0.564. The molecule has 1 rings (SSSR count). The lowest BCUT2D eigenvalue weighted by Gasteiger charge is -2.24. The lowest BCUT2D eigenvalue weighted by molar-refractivity contribution is -0.187. The Morgan fingerprint density at radius 1 is 1.08 bits per heavy atom. The summed E-state index contributed by atoms with van der Waals surface area (Å²) >= 11 is 0. The van der Waals surface area contributed by atoms with Gasteiger partial charge in [-0.1, -0.05) is 34.6 Å². The highest BCUT2D eigenvalue weighted by Crippen LogP contribution is 2.08. The predicted molar refractivity (Wildman–Crippen MR) is 53.2 cm³/mol. The molecular weight excluding hydrogens is 152 g/mol. The fourth-order valence-electron chi connectivity index (χ4n) is 0.696. The molecule has 0 bridgehead atoms. The fourth-order valence-corrected chi connectivity index (χ4v) is 0.696. The van der Waals surface area contributed by atoms with Gasteiger partial charge in [-0.05, 0) is 6.92 Å². The van der Waals surface area contributed by atoms with Crippen molar-refractivity contribution in [1.29, 1.82) is 0 Å². The van der Waals surface area contributed by atoms with Crippen molar-refractivity contribution in [2.24, 2.45) is 5.92 Å². The molecule has 1 aliphatic rings. The predicted octanol–water partition coefficient (Wildman–Crippen LogP) is 3.07. The minimum Gasteiger partial charge on any atom is -0.353 e. The number of hydrogen-bond acceptors (Lipinski definition) is 2. The van der Waals surface area contributed by atoms with Gasteiger partial charge in [-0.2, -0.15) is 0 Å². The highest BCUT2D eigenvalue weighted by atomic mass is 16.7. The molecule has 12 heavy (non-hydrogen) atoms. The van der Waals surface area contributed by atoms with Crippen LogP contribution in [0.4, 0.5) is 0 Å². The second-order valence-corrected chi connectivity index (χ2v) is 3.05. The normalized spacial score (nSPS) is 28.0. The van der Waals surface area contributed by atoms with Crippen LogP contribution in [0, 0.1) is 5.92 Å². The van der Waals surface area contributed by atoms with Crippen LogP contribution in [0.2, 0.25) is 0 Å². The van der Waals surface area contributed by atoms with E-state index in [4.69, 9.17) is 9.47 Å². The van der Waals surface area contributed by atoms with Crippen LogP contribution in [0.3, 0.4) is 0 Å². The molecule has 0 amide bonds. The second kappa shape index (κ2) is 9.01. The molecule has 0 unspecified atom stereocenters. The summed E-state index contributed by atoms with van der Waals surface area (Å²) in [5.74, 6) is 0.575. The first-order valence-corrected chi connectivity index (χ1v) is 4.43. The first kappa shape index (κ1) is 14.4. The van der Waals surface area contributed by atoms with Gasteiger partial charge >= 0.3 is 0 Å². The van der Waals surface area contributed by atoms with Gasteiger partial charge in [0.05, 0.1) is 13.2 Å². The summed E-state index contributed by atoms with van der Waals surface area (Å²) in [4.78, 5) is 0. The number of hydrogen-bond donors (Lipinski definition) is 0. The Morgan fingerprint density at radius 2 is 1.42 bits per heavy atom. The van der Waals surface area contributed by atoms with Crippen LogP contribution in [0.1, 0.15) is 41.5 Å². The van der Waals surface area contributed by atoms with E-state index >= 15 is 0 Å². The van der Waals surface area contributed by atoms with Gasteiger partial charge in [0.15, 0.2) is 6.29 Å². The zero-order chi connectivity index (χ0) is 8.69. The van der Waals surface area contributed by atoms with Crippen molar-refractivity contribution in [1.82, 2.24) is 0 Å². The average molecular weight is 176 g/mol. The summed E-state index contributed by atoms with van der Waals surface area (Å²) in [6.07, 6.45) is 1.27.